The summed E-state index contributed by atoms with van der Waals surface area (Å²) in [6.07, 6.45) is 0.0328. The fourth-order valence-electron chi connectivity index (χ4n) is 2.91. The molecule has 0 bridgehead atoms. The van der Waals surface area contributed by atoms with Crippen molar-refractivity contribution < 1.29 is 23.9 Å². The predicted molar refractivity (Wildman–Crippen MR) is 112 cm³/mol. The Kier molecular flexibility index (Phi) is 6.76. The maximum atomic E-state index is 12.3. The molecule has 1 fully saturated rings. The maximum Gasteiger partial charge on any atom is 0.311 e. The summed E-state index contributed by atoms with van der Waals surface area (Å²) in [6.45, 7) is -0.261. The van der Waals surface area contributed by atoms with Gasteiger partial charge in [-0.15, -0.1) is 0 Å². The highest BCUT2D eigenvalue weighted by atomic mass is 79.9. The van der Waals surface area contributed by atoms with E-state index in [1.807, 2.05) is 0 Å². The molecule has 2 aromatic rings. The molecule has 1 atom stereocenters. The van der Waals surface area contributed by atoms with Crippen molar-refractivity contribution in [2.75, 3.05) is 30.5 Å². The number of methoxy groups -OCH3 is 1. The third kappa shape index (κ3) is 5.27. The summed E-state index contributed by atoms with van der Waals surface area (Å²) < 4.78 is 11.0. The zero-order valence-corrected chi connectivity index (χ0v) is 17.8. The van der Waals surface area contributed by atoms with E-state index >= 15 is 0 Å². The Balaban J connectivity index is 1.52. The fraction of sp³-hybridized carbons (Fsp3) is 0.250. The molecule has 1 saturated heterocycles. The lowest BCUT2D eigenvalue weighted by Gasteiger charge is -2.17. The molecule has 7 nitrogen and oxygen atoms in total. The summed E-state index contributed by atoms with van der Waals surface area (Å²) in [6, 6.07) is 12.0. The van der Waals surface area contributed by atoms with Gasteiger partial charge in [0.2, 0.25) is 5.91 Å². The number of hydrogen-bond donors (Lipinski definition) is 1. The minimum atomic E-state index is -0.631. The Morgan fingerprint density at radius 3 is 2.62 bits per heavy atom. The van der Waals surface area contributed by atoms with E-state index in [1.54, 1.807) is 49.6 Å². The number of carbonyl (C=O) groups excluding carboxylic acids is 3. The summed E-state index contributed by atoms with van der Waals surface area (Å²) in [7, 11) is 1.56. The first-order valence-corrected chi connectivity index (χ1v) is 9.90. The van der Waals surface area contributed by atoms with Crippen LogP contribution in [-0.4, -0.2) is 38.0 Å². The van der Waals surface area contributed by atoms with Crippen molar-refractivity contribution in [1.82, 2.24) is 0 Å². The number of carbonyl (C=O) groups is 3. The summed E-state index contributed by atoms with van der Waals surface area (Å²) >= 11 is 9.33. The lowest BCUT2D eigenvalue weighted by atomic mass is 10.1. The Morgan fingerprint density at radius 2 is 1.97 bits per heavy atom. The molecule has 0 radical (unpaired) electrons. The maximum absolute atomic E-state index is 12.3. The second-order valence-corrected chi connectivity index (χ2v) is 7.71. The first-order chi connectivity index (χ1) is 13.9. The van der Waals surface area contributed by atoms with E-state index in [2.05, 4.69) is 21.2 Å². The summed E-state index contributed by atoms with van der Waals surface area (Å²) in [5, 5.41) is 2.94. The number of esters is 1. The third-order valence-corrected chi connectivity index (χ3v) is 5.20. The van der Waals surface area contributed by atoms with E-state index in [4.69, 9.17) is 21.1 Å². The summed E-state index contributed by atoms with van der Waals surface area (Å²) in [4.78, 5) is 38.1. The molecular formula is C20H18BrClN2O5. The topological polar surface area (TPSA) is 84.9 Å². The summed E-state index contributed by atoms with van der Waals surface area (Å²) in [5.41, 5.74) is 1.09. The number of benzene rings is 2. The largest absolute Gasteiger partial charge is 0.497 e. The average molecular weight is 482 g/mol. The van der Waals surface area contributed by atoms with E-state index in [0.29, 0.717) is 22.1 Å². The van der Waals surface area contributed by atoms with Crippen molar-refractivity contribution in [2.24, 2.45) is 5.92 Å². The molecule has 1 N–H and O–H groups in total. The van der Waals surface area contributed by atoms with E-state index in [0.717, 1.165) is 4.47 Å². The molecule has 29 heavy (non-hydrogen) atoms. The van der Waals surface area contributed by atoms with Crippen LogP contribution in [0, 0.1) is 5.92 Å². The molecule has 9 heteroatoms. The van der Waals surface area contributed by atoms with Crippen LogP contribution < -0.4 is 15.0 Å². The van der Waals surface area contributed by atoms with Crippen molar-refractivity contribution >= 4 is 56.7 Å². The van der Waals surface area contributed by atoms with Gasteiger partial charge in [0.15, 0.2) is 6.61 Å². The van der Waals surface area contributed by atoms with Crippen LogP contribution in [0.1, 0.15) is 6.42 Å². The number of amides is 2. The van der Waals surface area contributed by atoms with Crippen LogP contribution in [0.3, 0.4) is 0 Å². The van der Waals surface area contributed by atoms with Crippen molar-refractivity contribution in [3.05, 3.63) is 52.0 Å². The highest BCUT2D eigenvalue weighted by Crippen LogP contribution is 2.28. The molecule has 0 saturated carbocycles. The van der Waals surface area contributed by atoms with Crippen molar-refractivity contribution in [2.45, 2.75) is 6.42 Å². The smallest absolute Gasteiger partial charge is 0.311 e. The van der Waals surface area contributed by atoms with Gasteiger partial charge in [-0.05, 0) is 42.5 Å². The molecule has 1 aliphatic heterocycles. The SMILES string of the molecule is COc1ccc(N2C[C@H](C(=O)OCC(=O)Nc3ccc(Br)cc3Cl)CC2=O)cc1. The van der Waals surface area contributed by atoms with Gasteiger partial charge >= 0.3 is 5.97 Å². The molecule has 1 aliphatic rings. The second kappa shape index (κ2) is 9.28. The van der Waals surface area contributed by atoms with Gasteiger partial charge in [0.05, 0.1) is 23.7 Å². The Labute approximate surface area is 181 Å². The molecule has 1 heterocycles. The van der Waals surface area contributed by atoms with Crippen LogP contribution in [0.5, 0.6) is 5.75 Å². The van der Waals surface area contributed by atoms with Crippen LogP contribution in [-0.2, 0) is 19.1 Å². The molecule has 3 rings (SSSR count). The summed E-state index contributed by atoms with van der Waals surface area (Å²) in [5.74, 6) is -1.24. The Hall–Kier alpha value is -2.58. The standard InChI is InChI=1S/C20H18BrClN2O5/c1-28-15-5-3-14(4-6-15)24-10-12(8-19(24)26)20(27)29-11-18(25)23-17-7-2-13(21)9-16(17)22/h2-7,9,12H,8,10-11H2,1H3,(H,23,25)/t12-/m1/s1. The van der Waals surface area contributed by atoms with Gasteiger partial charge in [-0.1, -0.05) is 27.5 Å². The molecular weight excluding hydrogens is 464 g/mol. The van der Waals surface area contributed by atoms with Gasteiger partial charge in [0, 0.05) is 23.1 Å². The molecule has 0 aromatic heterocycles. The zero-order valence-electron chi connectivity index (χ0n) is 15.5. The van der Waals surface area contributed by atoms with Crippen molar-refractivity contribution in [3.63, 3.8) is 0 Å². The molecule has 0 spiro atoms. The van der Waals surface area contributed by atoms with E-state index < -0.39 is 24.4 Å². The quantitative estimate of drug-likeness (QED) is 0.637. The van der Waals surface area contributed by atoms with Gasteiger partial charge in [-0.25, -0.2) is 0 Å². The molecule has 152 valence electrons. The monoisotopic (exact) mass is 480 g/mol. The van der Waals surface area contributed by atoms with Gasteiger partial charge in [-0.2, -0.15) is 0 Å². The first-order valence-electron chi connectivity index (χ1n) is 8.73. The number of anilines is 2. The average Bonchev–Trinajstić information content (AvgIpc) is 3.10. The molecule has 0 unspecified atom stereocenters. The fourth-order valence-corrected chi connectivity index (χ4v) is 3.63. The second-order valence-electron chi connectivity index (χ2n) is 6.38. The first kappa shape index (κ1) is 21.1. The minimum absolute atomic E-state index is 0.0328. The molecule has 0 aliphatic carbocycles. The van der Waals surface area contributed by atoms with Crippen LogP contribution >= 0.6 is 27.5 Å². The highest BCUT2D eigenvalue weighted by Gasteiger charge is 2.36. The number of rotatable bonds is 6. The number of ether oxygens (including phenoxy) is 2. The van der Waals surface area contributed by atoms with Gasteiger partial charge < -0.3 is 19.7 Å². The van der Waals surface area contributed by atoms with Crippen LogP contribution in [0.2, 0.25) is 5.02 Å². The number of hydrogen-bond acceptors (Lipinski definition) is 5. The Morgan fingerprint density at radius 1 is 1.24 bits per heavy atom. The van der Waals surface area contributed by atoms with Crippen LogP contribution in [0.15, 0.2) is 46.9 Å². The normalized spacial score (nSPS) is 15.9. The Bertz CT molecular complexity index is 935. The third-order valence-electron chi connectivity index (χ3n) is 4.39. The van der Waals surface area contributed by atoms with E-state index in [-0.39, 0.29) is 18.9 Å². The molecule has 2 aromatic carbocycles. The number of nitrogens with zero attached hydrogens (tertiary/aromatic N) is 1. The number of halogens is 2. The lowest BCUT2D eigenvalue weighted by molar-refractivity contribution is -0.151. The molecule has 2 amide bonds. The van der Waals surface area contributed by atoms with Gasteiger partial charge in [0.25, 0.3) is 5.91 Å². The highest BCUT2D eigenvalue weighted by molar-refractivity contribution is 9.10. The van der Waals surface area contributed by atoms with Crippen LogP contribution in [0.4, 0.5) is 11.4 Å². The van der Waals surface area contributed by atoms with E-state index in [1.165, 1.54) is 4.90 Å². The number of nitrogens with one attached hydrogen (secondary N) is 1. The predicted octanol–water partition coefficient (Wildman–Crippen LogP) is 3.65. The van der Waals surface area contributed by atoms with E-state index in [9.17, 15) is 14.4 Å². The van der Waals surface area contributed by atoms with Gasteiger partial charge in [-0.3, -0.25) is 14.4 Å². The lowest BCUT2D eigenvalue weighted by Crippen LogP contribution is -2.28. The minimum Gasteiger partial charge on any atom is -0.497 e. The van der Waals surface area contributed by atoms with Gasteiger partial charge in [0.1, 0.15) is 5.75 Å². The zero-order chi connectivity index (χ0) is 21.0. The van der Waals surface area contributed by atoms with Crippen molar-refractivity contribution in [3.8, 4) is 5.75 Å². The van der Waals surface area contributed by atoms with Crippen molar-refractivity contribution in [1.29, 1.82) is 0 Å². The van der Waals surface area contributed by atoms with Crippen LogP contribution in [0.25, 0.3) is 0 Å².